The Morgan fingerprint density at radius 1 is 1.78 bits per heavy atom. The molecular weight excluding hydrogens is 156 g/mol. The van der Waals surface area contributed by atoms with Crippen LogP contribution >= 0.6 is 12.2 Å². The maximum Gasteiger partial charge on any atom is 0.0984 e. The SMILES string of the molecule is CS(C)(=O)=NCC(N)=S. The fourth-order valence-electron chi connectivity index (χ4n) is 0.219. The van der Waals surface area contributed by atoms with Crippen molar-refractivity contribution in [2.24, 2.45) is 10.1 Å². The fraction of sp³-hybridized carbons (Fsp3) is 0.750. The Morgan fingerprint density at radius 2 is 2.22 bits per heavy atom. The van der Waals surface area contributed by atoms with Crippen molar-refractivity contribution in [3.05, 3.63) is 0 Å². The summed E-state index contributed by atoms with van der Waals surface area (Å²) in [7, 11) is -2.01. The average molecular weight is 166 g/mol. The van der Waals surface area contributed by atoms with Crippen molar-refractivity contribution >= 4 is 26.9 Å². The Labute approximate surface area is 60.8 Å². The van der Waals surface area contributed by atoms with Gasteiger partial charge in [0.1, 0.15) is 0 Å². The molecule has 3 nitrogen and oxygen atoms in total. The highest BCUT2D eigenvalue weighted by Gasteiger charge is 1.88. The summed E-state index contributed by atoms with van der Waals surface area (Å²) in [5.74, 6) is 0. The van der Waals surface area contributed by atoms with Crippen molar-refractivity contribution < 1.29 is 4.21 Å². The van der Waals surface area contributed by atoms with Crippen LogP contribution in [0.1, 0.15) is 0 Å². The third-order valence-corrected chi connectivity index (χ3v) is 1.41. The average Bonchev–Trinajstić information content (AvgIpc) is 1.59. The van der Waals surface area contributed by atoms with Gasteiger partial charge in [0, 0.05) is 22.2 Å². The standard InChI is InChI=1S/C4H10N2OS2/c1-9(2,7)6-3-4(5)8/h3H2,1-2H3,(H2,5,8). The minimum Gasteiger partial charge on any atom is -0.392 e. The van der Waals surface area contributed by atoms with Crippen LogP contribution in [0.3, 0.4) is 0 Å². The van der Waals surface area contributed by atoms with Crippen molar-refractivity contribution in [3.63, 3.8) is 0 Å². The Morgan fingerprint density at radius 3 is 2.33 bits per heavy atom. The van der Waals surface area contributed by atoms with E-state index in [1.807, 2.05) is 0 Å². The monoisotopic (exact) mass is 166 g/mol. The molecule has 0 aromatic heterocycles. The van der Waals surface area contributed by atoms with E-state index in [2.05, 4.69) is 16.6 Å². The van der Waals surface area contributed by atoms with Gasteiger partial charge in [0.15, 0.2) is 0 Å². The highest BCUT2D eigenvalue weighted by molar-refractivity contribution is 7.92. The van der Waals surface area contributed by atoms with Gasteiger partial charge in [-0.1, -0.05) is 12.2 Å². The molecular formula is C4H10N2OS2. The van der Waals surface area contributed by atoms with Crippen molar-refractivity contribution in [2.45, 2.75) is 0 Å². The molecule has 0 heterocycles. The fourth-order valence-corrected chi connectivity index (χ4v) is 0.815. The summed E-state index contributed by atoms with van der Waals surface area (Å²) in [6.45, 7) is 0.223. The van der Waals surface area contributed by atoms with Crippen LogP contribution in [-0.2, 0) is 9.73 Å². The van der Waals surface area contributed by atoms with E-state index < -0.39 is 9.73 Å². The summed E-state index contributed by atoms with van der Waals surface area (Å²) in [6, 6.07) is 0. The molecule has 2 N–H and O–H groups in total. The van der Waals surface area contributed by atoms with Crippen LogP contribution in [0.15, 0.2) is 4.36 Å². The van der Waals surface area contributed by atoms with Crippen molar-refractivity contribution in [1.82, 2.24) is 0 Å². The predicted octanol–water partition coefficient (Wildman–Crippen LogP) is 0.0001000. The van der Waals surface area contributed by atoms with E-state index in [-0.39, 0.29) is 11.5 Å². The molecule has 0 radical (unpaired) electrons. The molecule has 0 fully saturated rings. The summed E-state index contributed by atoms with van der Waals surface area (Å²) in [6.07, 6.45) is 3.09. The molecule has 0 saturated heterocycles. The zero-order valence-electron chi connectivity index (χ0n) is 5.46. The van der Waals surface area contributed by atoms with Gasteiger partial charge in [-0.3, -0.25) is 4.21 Å². The Kier molecular flexibility index (Phi) is 3.07. The number of hydrogen-bond donors (Lipinski definition) is 1. The van der Waals surface area contributed by atoms with Gasteiger partial charge < -0.3 is 5.73 Å². The van der Waals surface area contributed by atoms with Gasteiger partial charge in [0.25, 0.3) is 0 Å². The van der Waals surface area contributed by atoms with Gasteiger partial charge in [-0.15, -0.1) is 0 Å². The summed E-state index contributed by atoms with van der Waals surface area (Å²) < 4.78 is 14.5. The predicted molar refractivity (Wildman–Crippen MR) is 44.1 cm³/mol. The second kappa shape index (κ2) is 3.12. The lowest BCUT2D eigenvalue weighted by Crippen LogP contribution is -2.12. The summed E-state index contributed by atoms with van der Waals surface area (Å²) in [4.78, 5) is 0.284. The van der Waals surface area contributed by atoms with Crippen LogP contribution in [0, 0.1) is 0 Å². The van der Waals surface area contributed by atoms with E-state index in [1.165, 1.54) is 0 Å². The first kappa shape index (κ1) is 8.84. The lowest BCUT2D eigenvalue weighted by atomic mass is 10.7. The molecule has 54 valence electrons. The lowest BCUT2D eigenvalue weighted by molar-refractivity contribution is 0.683. The second-order valence-electron chi connectivity index (χ2n) is 1.93. The van der Waals surface area contributed by atoms with Gasteiger partial charge in [0.2, 0.25) is 0 Å². The zero-order chi connectivity index (χ0) is 7.49. The minimum absolute atomic E-state index is 0.223. The number of nitrogens with two attached hydrogens (primary N) is 1. The first-order valence-electron chi connectivity index (χ1n) is 2.33. The number of nitrogens with zero attached hydrogens (tertiary/aromatic N) is 1. The smallest absolute Gasteiger partial charge is 0.0984 e. The van der Waals surface area contributed by atoms with Gasteiger partial charge >= 0.3 is 0 Å². The third kappa shape index (κ3) is 7.84. The van der Waals surface area contributed by atoms with E-state index in [1.54, 1.807) is 12.5 Å². The molecule has 0 bridgehead atoms. The van der Waals surface area contributed by atoms with E-state index >= 15 is 0 Å². The lowest BCUT2D eigenvalue weighted by Gasteiger charge is -1.92. The number of thiocarbonyl (C=S) groups is 1. The van der Waals surface area contributed by atoms with Crippen LogP contribution in [0.5, 0.6) is 0 Å². The largest absolute Gasteiger partial charge is 0.392 e. The molecule has 0 spiro atoms. The quantitative estimate of drug-likeness (QED) is 0.587. The molecule has 0 unspecified atom stereocenters. The van der Waals surface area contributed by atoms with E-state index in [9.17, 15) is 4.21 Å². The summed E-state index contributed by atoms with van der Waals surface area (Å²) in [5, 5.41) is 0. The molecule has 0 atom stereocenters. The van der Waals surface area contributed by atoms with Crippen LogP contribution in [0.25, 0.3) is 0 Å². The van der Waals surface area contributed by atoms with Crippen molar-refractivity contribution in [1.29, 1.82) is 0 Å². The number of hydrogen-bond acceptors (Lipinski definition) is 3. The molecule has 0 amide bonds. The molecule has 5 heteroatoms. The van der Waals surface area contributed by atoms with E-state index in [0.717, 1.165) is 0 Å². The van der Waals surface area contributed by atoms with Crippen molar-refractivity contribution in [2.75, 3.05) is 19.1 Å². The summed E-state index contributed by atoms with van der Waals surface area (Å²) >= 11 is 4.52. The maximum absolute atomic E-state index is 10.8. The molecule has 0 aromatic rings. The molecule has 9 heavy (non-hydrogen) atoms. The van der Waals surface area contributed by atoms with E-state index in [4.69, 9.17) is 5.73 Å². The Hall–Kier alpha value is -0.160. The second-order valence-corrected chi connectivity index (χ2v) is 5.08. The molecule has 0 rings (SSSR count). The van der Waals surface area contributed by atoms with Gasteiger partial charge in [-0.05, 0) is 0 Å². The molecule has 0 aliphatic heterocycles. The van der Waals surface area contributed by atoms with Crippen molar-refractivity contribution in [3.8, 4) is 0 Å². The first-order chi connectivity index (χ1) is 3.92. The van der Waals surface area contributed by atoms with Crippen LogP contribution in [0.4, 0.5) is 0 Å². The molecule has 0 aliphatic carbocycles. The van der Waals surface area contributed by atoms with E-state index in [0.29, 0.717) is 0 Å². The Balaban J connectivity index is 4.03. The van der Waals surface area contributed by atoms with Crippen LogP contribution in [0.2, 0.25) is 0 Å². The van der Waals surface area contributed by atoms with Crippen LogP contribution < -0.4 is 5.73 Å². The molecule has 0 aromatic carbocycles. The topological polar surface area (TPSA) is 55.5 Å². The highest BCUT2D eigenvalue weighted by Crippen LogP contribution is 1.82. The van der Waals surface area contributed by atoms with Gasteiger partial charge in [0.05, 0.1) is 11.5 Å². The van der Waals surface area contributed by atoms with Crippen LogP contribution in [-0.4, -0.2) is 28.3 Å². The first-order valence-corrected chi connectivity index (χ1v) is 5.07. The summed E-state index contributed by atoms with van der Waals surface area (Å²) in [5.41, 5.74) is 5.11. The normalized spacial score (nSPS) is 10.9. The third-order valence-electron chi connectivity index (χ3n) is 0.531. The maximum atomic E-state index is 10.8. The number of rotatable bonds is 2. The molecule has 0 saturated carbocycles. The zero-order valence-corrected chi connectivity index (χ0v) is 7.09. The Bertz CT molecular complexity index is 207. The molecule has 0 aliphatic rings. The van der Waals surface area contributed by atoms with Gasteiger partial charge in [-0.25, -0.2) is 4.36 Å². The minimum atomic E-state index is -2.01. The highest BCUT2D eigenvalue weighted by atomic mass is 32.2. The van der Waals surface area contributed by atoms with Gasteiger partial charge in [-0.2, -0.15) is 0 Å².